The van der Waals surface area contributed by atoms with Crippen molar-refractivity contribution in [3.63, 3.8) is 0 Å². The van der Waals surface area contributed by atoms with Crippen LogP contribution in [-0.4, -0.2) is 19.9 Å². The van der Waals surface area contributed by atoms with Gasteiger partial charge in [0.1, 0.15) is 11.2 Å². The summed E-state index contributed by atoms with van der Waals surface area (Å²) in [7, 11) is 0. The molecule has 14 rings (SSSR count). The molecule has 0 spiro atoms. The number of para-hydroxylation sites is 2. The van der Waals surface area contributed by atoms with Crippen molar-refractivity contribution in [1.82, 2.24) is 19.9 Å². The fourth-order valence-corrected chi connectivity index (χ4v) is 10.3. The molecule has 5 heteroatoms. The normalized spacial score (nSPS) is 11.9. The van der Waals surface area contributed by atoms with Gasteiger partial charge >= 0.3 is 0 Å². The molecule has 0 aliphatic carbocycles. The summed E-state index contributed by atoms with van der Waals surface area (Å²) in [5.74, 6) is 1.86. The van der Waals surface area contributed by atoms with Crippen LogP contribution in [0.2, 0.25) is 0 Å². The van der Waals surface area contributed by atoms with E-state index in [2.05, 4.69) is 182 Å². The number of fused-ring (bicyclic) bond motifs is 13. The summed E-state index contributed by atoms with van der Waals surface area (Å²) in [6, 6.07) is 76.9. The molecule has 0 fully saturated rings. The maximum Gasteiger partial charge on any atom is 0.164 e. The van der Waals surface area contributed by atoms with E-state index in [9.17, 15) is 0 Å². The number of aromatic nitrogens is 4. The monoisotopic (exact) mass is 852 g/mol. The van der Waals surface area contributed by atoms with E-state index < -0.39 is 0 Å². The summed E-state index contributed by atoms with van der Waals surface area (Å²) in [6.07, 6.45) is 0. The fourth-order valence-electron chi connectivity index (χ4n) is 10.3. The lowest BCUT2D eigenvalue weighted by Crippen LogP contribution is -2.00. The number of benzene rings is 11. The summed E-state index contributed by atoms with van der Waals surface area (Å²) in [6.45, 7) is 0. The molecule has 11 aromatic carbocycles. The largest absolute Gasteiger partial charge is 0.456 e. The van der Waals surface area contributed by atoms with Crippen molar-refractivity contribution in [3.05, 3.63) is 218 Å². The van der Waals surface area contributed by atoms with Crippen molar-refractivity contribution in [3.8, 4) is 56.5 Å². The lowest BCUT2D eigenvalue weighted by atomic mass is 9.88. The van der Waals surface area contributed by atoms with Crippen molar-refractivity contribution in [2.24, 2.45) is 0 Å². The topological polar surface area (TPSA) is 64.7 Å². The Labute approximate surface area is 384 Å². The molecule has 3 aromatic heterocycles. The van der Waals surface area contributed by atoms with E-state index >= 15 is 0 Å². The van der Waals surface area contributed by atoms with Crippen LogP contribution in [0.15, 0.2) is 223 Å². The second-order valence-corrected chi connectivity index (χ2v) is 17.3. The Morgan fingerprint density at radius 2 is 0.791 bits per heavy atom. The Bertz CT molecular complexity index is 4290. The van der Waals surface area contributed by atoms with E-state index in [4.69, 9.17) is 24.4 Å². The van der Waals surface area contributed by atoms with Crippen molar-refractivity contribution >= 4 is 86.7 Å². The Hall–Kier alpha value is -9.06. The van der Waals surface area contributed by atoms with E-state index in [0.717, 1.165) is 88.1 Å². The second kappa shape index (κ2) is 14.7. The summed E-state index contributed by atoms with van der Waals surface area (Å²) in [5, 5.41) is 15.1. The second-order valence-electron chi connectivity index (χ2n) is 17.3. The lowest BCUT2D eigenvalue weighted by molar-refractivity contribution is 0.669. The van der Waals surface area contributed by atoms with Gasteiger partial charge in [-0.1, -0.05) is 188 Å². The Morgan fingerprint density at radius 1 is 0.269 bits per heavy atom. The number of hydrogen-bond donors (Lipinski definition) is 0. The zero-order valence-electron chi connectivity index (χ0n) is 36.0. The number of furan rings is 1. The number of hydrogen-bond acceptors (Lipinski definition) is 5. The third-order valence-electron chi connectivity index (χ3n) is 13.5. The van der Waals surface area contributed by atoms with Gasteiger partial charge in [0.2, 0.25) is 0 Å². The maximum atomic E-state index is 6.78. The molecule has 5 nitrogen and oxygen atoms in total. The average molecular weight is 853 g/mol. The molecule has 0 aliphatic heterocycles. The summed E-state index contributed by atoms with van der Waals surface area (Å²) in [4.78, 5) is 20.8. The molecular formula is C62H36N4O. The van der Waals surface area contributed by atoms with Gasteiger partial charge in [-0.25, -0.2) is 19.9 Å². The molecule has 0 aliphatic rings. The summed E-state index contributed by atoms with van der Waals surface area (Å²) >= 11 is 0. The SMILES string of the molecule is c1ccc(-c2nc(-c3ccc(-c4c5c(cc6c(-c7ccc8c9ccccc9c9ccccc9c8c7)nc7ccccc7c46)oc4ccccc45)cc3)nc(-c3ccc4ccccc4c3)n2)cc1. The molecule has 0 radical (unpaired) electrons. The summed E-state index contributed by atoms with van der Waals surface area (Å²) < 4.78 is 6.78. The molecule has 0 N–H and O–H groups in total. The van der Waals surface area contributed by atoms with Crippen LogP contribution in [0, 0.1) is 0 Å². The van der Waals surface area contributed by atoms with E-state index in [1.165, 1.54) is 37.7 Å². The third kappa shape index (κ3) is 5.95. The maximum absolute atomic E-state index is 6.78. The molecule has 0 saturated heterocycles. The standard InChI is InChI=1S/C62H36N4O/c1-2-15-39(16-3-1)60-64-61(66-62(65-60)43-31-26-37-14-4-5-17-41(37)34-43)40-29-27-38(28-30-40)56-57-49-22-10-12-24-53(49)63-59(52(57)36-55-58(56)50-23-11-13-25-54(50)67-55)42-32-33-48-46-20-7-6-18-44(46)45-19-8-9-21-47(45)51(48)35-42/h1-36H. The van der Waals surface area contributed by atoms with E-state index in [-0.39, 0.29) is 0 Å². The molecule has 3 heterocycles. The molecule has 67 heavy (non-hydrogen) atoms. The molecule has 14 aromatic rings. The summed E-state index contributed by atoms with van der Waals surface area (Å²) in [5.41, 5.74) is 9.45. The van der Waals surface area contributed by atoms with Crippen LogP contribution < -0.4 is 0 Å². The van der Waals surface area contributed by atoms with Crippen molar-refractivity contribution in [2.75, 3.05) is 0 Å². The van der Waals surface area contributed by atoms with Crippen LogP contribution in [0.5, 0.6) is 0 Å². The highest BCUT2D eigenvalue weighted by Crippen LogP contribution is 2.47. The Balaban J connectivity index is 1.00. The van der Waals surface area contributed by atoms with E-state index in [0.29, 0.717) is 17.5 Å². The van der Waals surface area contributed by atoms with Gasteiger partial charge in [0.25, 0.3) is 0 Å². The van der Waals surface area contributed by atoms with Gasteiger partial charge in [-0.05, 0) is 79.0 Å². The fraction of sp³-hybridized carbons (Fsp3) is 0. The van der Waals surface area contributed by atoms with Crippen molar-refractivity contribution in [2.45, 2.75) is 0 Å². The Kier molecular flexibility index (Phi) is 8.21. The van der Waals surface area contributed by atoms with E-state index in [1.807, 2.05) is 36.4 Å². The molecule has 0 atom stereocenters. The molecule has 0 bridgehead atoms. The highest BCUT2D eigenvalue weighted by molar-refractivity contribution is 6.29. The van der Waals surface area contributed by atoms with Gasteiger partial charge < -0.3 is 4.42 Å². The quantitative estimate of drug-likeness (QED) is 0.161. The van der Waals surface area contributed by atoms with Gasteiger partial charge in [0.05, 0.1) is 11.2 Å². The van der Waals surface area contributed by atoms with Gasteiger partial charge in [0, 0.05) is 54.7 Å². The number of nitrogens with zero attached hydrogens (tertiary/aromatic N) is 4. The van der Waals surface area contributed by atoms with Crippen LogP contribution in [-0.2, 0) is 0 Å². The predicted molar refractivity (Wildman–Crippen MR) is 277 cm³/mol. The van der Waals surface area contributed by atoms with Crippen molar-refractivity contribution < 1.29 is 4.42 Å². The molecular weight excluding hydrogens is 817 g/mol. The molecule has 310 valence electrons. The average Bonchev–Trinajstić information content (AvgIpc) is 3.78. The van der Waals surface area contributed by atoms with Gasteiger partial charge in [-0.3, -0.25) is 0 Å². The van der Waals surface area contributed by atoms with Crippen LogP contribution >= 0.6 is 0 Å². The molecule has 0 saturated carbocycles. The van der Waals surface area contributed by atoms with Crippen LogP contribution in [0.25, 0.3) is 143 Å². The first-order valence-corrected chi connectivity index (χ1v) is 22.6. The van der Waals surface area contributed by atoms with Crippen LogP contribution in [0.3, 0.4) is 0 Å². The Morgan fingerprint density at radius 3 is 1.52 bits per heavy atom. The minimum absolute atomic E-state index is 0.605. The predicted octanol–water partition coefficient (Wildman–Crippen LogP) is 16.4. The van der Waals surface area contributed by atoms with Gasteiger partial charge in [-0.2, -0.15) is 0 Å². The zero-order chi connectivity index (χ0) is 44.0. The minimum Gasteiger partial charge on any atom is -0.456 e. The third-order valence-corrected chi connectivity index (χ3v) is 13.5. The first kappa shape index (κ1) is 37.3. The van der Waals surface area contributed by atoms with Crippen molar-refractivity contribution in [1.29, 1.82) is 0 Å². The van der Waals surface area contributed by atoms with E-state index in [1.54, 1.807) is 0 Å². The molecule has 0 amide bonds. The highest BCUT2D eigenvalue weighted by Gasteiger charge is 2.23. The van der Waals surface area contributed by atoms with Gasteiger partial charge in [-0.15, -0.1) is 0 Å². The lowest BCUT2D eigenvalue weighted by Gasteiger charge is -2.17. The van der Waals surface area contributed by atoms with Gasteiger partial charge in [0.15, 0.2) is 17.5 Å². The zero-order valence-corrected chi connectivity index (χ0v) is 36.0. The number of rotatable bonds is 5. The highest BCUT2D eigenvalue weighted by atomic mass is 16.3. The first-order valence-electron chi connectivity index (χ1n) is 22.6. The first-order chi connectivity index (χ1) is 33.2. The molecule has 0 unspecified atom stereocenters. The number of pyridine rings is 1. The minimum atomic E-state index is 0.605. The smallest absolute Gasteiger partial charge is 0.164 e. The van der Waals surface area contributed by atoms with Crippen LogP contribution in [0.4, 0.5) is 0 Å². The van der Waals surface area contributed by atoms with Crippen LogP contribution in [0.1, 0.15) is 0 Å².